The van der Waals surface area contributed by atoms with Crippen LogP contribution in [0.15, 0.2) is 30.3 Å². The van der Waals surface area contributed by atoms with Gasteiger partial charge in [-0.3, -0.25) is 10.1 Å². The van der Waals surface area contributed by atoms with Crippen LogP contribution in [0.3, 0.4) is 0 Å². The monoisotopic (exact) mass is 472 g/mol. The summed E-state index contributed by atoms with van der Waals surface area (Å²) >= 11 is 0. The molecule has 3 fully saturated rings. The first-order valence-corrected chi connectivity index (χ1v) is 12.9. The van der Waals surface area contributed by atoms with Gasteiger partial charge in [-0.15, -0.1) is 0 Å². The standard InChI is InChI=1S/C27H40N2O5/c1-26-14-13-23(34-25(33)28-19-9-5-3-6-10-19)27(2,18-30)22(26)12-11-21(31)20(26)17-24(32)29-15-7-4-8-16-29/h3,5-6,9-10,20-23,30-31H,4,7-8,11-18H2,1-2H3,(H,28,33). The molecule has 0 spiro atoms. The SMILES string of the molecule is CC1(CO)C(OC(=O)Nc2ccccc2)CCC2(C)C(CC(=O)N3CCCCC3)C(O)CCC12. The Labute approximate surface area is 202 Å². The molecule has 0 bridgehead atoms. The van der Waals surface area contributed by atoms with Crippen LogP contribution in [-0.4, -0.2) is 59.0 Å². The van der Waals surface area contributed by atoms with Gasteiger partial charge >= 0.3 is 6.09 Å². The fourth-order valence-electron chi connectivity index (χ4n) is 7.04. The first-order chi connectivity index (χ1) is 16.3. The minimum Gasteiger partial charge on any atom is -0.445 e. The molecule has 6 unspecified atom stereocenters. The van der Waals surface area contributed by atoms with Gasteiger partial charge in [0.15, 0.2) is 0 Å². The molecule has 2 amide bonds. The molecule has 188 valence electrons. The Kier molecular flexibility index (Phi) is 7.53. The lowest BCUT2D eigenvalue weighted by Gasteiger charge is -2.60. The fourth-order valence-corrected chi connectivity index (χ4v) is 7.04. The van der Waals surface area contributed by atoms with Crippen molar-refractivity contribution in [2.75, 3.05) is 25.0 Å². The number of carbonyl (C=O) groups excluding carboxylic acids is 2. The molecule has 4 rings (SSSR count). The summed E-state index contributed by atoms with van der Waals surface area (Å²) in [6.45, 7) is 5.67. The number of likely N-dealkylation sites (tertiary alicyclic amines) is 1. The van der Waals surface area contributed by atoms with Gasteiger partial charge in [0.2, 0.25) is 5.91 Å². The molecule has 3 aliphatic rings. The largest absolute Gasteiger partial charge is 0.445 e. The highest BCUT2D eigenvalue weighted by Gasteiger charge is 2.60. The lowest BCUT2D eigenvalue weighted by Crippen LogP contribution is -2.61. The van der Waals surface area contributed by atoms with E-state index in [9.17, 15) is 19.8 Å². The van der Waals surface area contributed by atoms with E-state index in [0.29, 0.717) is 24.9 Å². The zero-order chi connectivity index (χ0) is 24.3. The van der Waals surface area contributed by atoms with Gasteiger partial charge in [-0.1, -0.05) is 32.0 Å². The number of piperidine rings is 1. The van der Waals surface area contributed by atoms with Crippen LogP contribution in [0.4, 0.5) is 10.5 Å². The quantitative estimate of drug-likeness (QED) is 0.597. The normalized spacial score (nSPS) is 35.8. The molecule has 7 heteroatoms. The molecule has 1 heterocycles. The number of amides is 2. The Bertz CT molecular complexity index is 858. The van der Waals surface area contributed by atoms with Crippen molar-refractivity contribution >= 4 is 17.7 Å². The summed E-state index contributed by atoms with van der Waals surface area (Å²) in [7, 11) is 0. The van der Waals surface area contributed by atoms with Crippen LogP contribution in [0.2, 0.25) is 0 Å². The highest BCUT2D eigenvalue weighted by Crippen LogP contribution is 2.61. The summed E-state index contributed by atoms with van der Waals surface area (Å²) in [5, 5.41) is 24.4. The molecular weight excluding hydrogens is 432 g/mol. The van der Waals surface area contributed by atoms with Crippen molar-refractivity contribution in [2.24, 2.45) is 22.7 Å². The molecule has 7 nitrogen and oxygen atoms in total. The van der Waals surface area contributed by atoms with E-state index in [0.717, 1.165) is 38.8 Å². The van der Waals surface area contributed by atoms with Gasteiger partial charge in [0.1, 0.15) is 6.10 Å². The number of nitrogens with zero attached hydrogens (tertiary/aromatic N) is 1. The number of anilines is 1. The molecule has 1 aromatic rings. The Morgan fingerprint density at radius 2 is 1.79 bits per heavy atom. The predicted octanol–water partition coefficient (Wildman–Crippen LogP) is 4.19. The second-order valence-corrected chi connectivity index (χ2v) is 11.0. The maximum atomic E-state index is 13.1. The third kappa shape index (κ3) is 4.82. The van der Waals surface area contributed by atoms with Gasteiger partial charge < -0.3 is 19.8 Å². The molecule has 0 radical (unpaired) electrons. The Balaban J connectivity index is 1.49. The third-order valence-corrected chi connectivity index (χ3v) is 9.05. The molecule has 3 N–H and O–H groups in total. The zero-order valence-corrected chi connectivity index (χ0v) is 20.5. The van der Waals surface area contributed by atoms with Crippen LogP contribution < -0.4 is 5.32 Å². The number of benzene rings is 1. The summed E-state index contributed by atoms with van der Waals surface area (Å²) in [6, 6.07) is 9.18. The Hall–Kier alpha value is -2.12. The predicted molar refractivity (Wildman–Crippen MR) is 130 cm³/mol. The summed E-state index contributed by atoms with van der Waals surface area (Å²) in [5.74, 6) is 0.0124. The zero-order valence-electron chi connectivity index (χ0n) is 20.5. The van der Waals surface area contributed by atoms with Crippen LogP contribution in [0.1, 0.15) is 65.2 Å². The summed E-state index contributed by atoms with van der Waals surface area (Å²) in [6.07, 6.45) is 4.78. The van der Waals surface area contributed by atoms with E-state index < -0.39 is 23.7 Å². The van der Waals surface area contributed by atoms with E-state index in [1.54, 1.807) is 12.1 Å². The number of hydrogen-bond acceptors (Lipinski definition) is 5. The summed E-state index contributed by atoms with van der Waals surface area (Å²) in [5.41, 5.74) is -0.292. The summed E-state index contributed by atoms with van der Waals surface area (Å²) in [4.78, 5) is 27.7. The molecule has 2 aliphatic carbocycles. The highest BCUT2D eigenvalue weighted by molar-refractivity contribution is 5.84. The first-order valence-electron chi connectivity index (χ1n) is 12.9. The number of carbonyl (C=O) groups is 2. The van der Waals surface area contributed by atoms with Crippen molar-refractivity contribution in [2.45, 2.75) is 77.4 Å². The molecule has 2 saturated carbocycles. The molecule has 34 heavy (non-hydrogen) atoms. The second kappa shape index (κ2) is 10.2. The lowest BCUT2D eigenvalue weighted by atomic mass is 9.46. The molecule has 0 aromatic heterocycles. The molecule has 1 aliphatic heterocycles. The number of nitrogens with one attached hydrogen (secondary N) is 1. The van der Waals surface area contributed by atoms with E-state index in [4.69, 9.17) is 4.74 Å². The number of para-hydroxylation sites is 1. The Morgan fingerprint density at radius 1 is 1.09 bits per heavy atom. The number of fused-ring (bicyclic) bond motifs is 1. The number of aliphatic hydroxyl groups excluding tert-OH is 2. The van der Waals surface area contributed by atoms with Crippen LogP contribution >= 0.6 is 0 Å². The van der Waals surface area contributed by atoms with Gasteiger partial charge in [0.05, 0.1) is 12.7 Å². The fraction of sp³-hybridized carbons (Fsp3) is 0.704. The molecular formula is C27H40N2O5. The third-order valence-electron chi connectivity index (χ3n) is 9.05. The Morgan fingerprint density at radius 3 is 2.47 bits per heavy atom. The summed E-state index contributed by atoms with van der Waals surface area (Å²) < 4.78 is 5.89. The smallest absolute Gasteiger partial charge is 0.411 e. The van der Waals surface area contributed by atoms with Crippen LogP contribution in [0.5, 0.6) is 0 Å². The minimum absolute atomic E-state index is 0.0378. The van der Waals surface area contributed by atoms with Crippen molar-refractivity contribution in [3.05, 3.63) is 30.3 Å². The van der Waals surface area contributed by atoms with Crippen molar-refractivity contribution in [3.63, 3.8) is 0 Å². The second-order valence-electron chi connectivity index (χ2n) is 11.0. The maximum absolute atomic E-state index is 13.1. The van der Waals surface area contributed by atoms with Gasteiger partial charge in [0, 0.05) is 30.6 Å². The van der Waals surface area contributed by atoms with E-state index in [1.165, 1.54) is 6.42 Å². The van der Waals surface area contributed by atoms with Gasteiger partial charge in [0.25, 0.3) is 0 Å². The average Bonchev–Trinajstić information content (AvgIpc) is 2.84. The van der Waals surface area contributed by atoms with Gasteiger partial charge in [-0.25, -0.2) is 4.79 Å². The van der Waals surface area contributed by atoms with Crippen molar-refractivity contribution in [1.82, 2.24) is 4.90 Å². The van der Waals surface area contributed by atoms with Crippen LogP contribution in [0.25, 0.3) is 0 Å². The molecule has 1 saturated heterocycles. The average molecular weight is 473 g/mol. The van der Waals surface area contributed by atoms with Crippen molar-refractivity contribution in [1.29, 1.82) is 0 Å². The van der Waals surface area contributed by atoms with E-state index in [2.05, 4.69) is 12.2 Å². The number of rotatable bonds is 5. The first kappa shape index (κ1) is 25.0. The van der Waals surface area contributed by atoms with Crippen LogP contribution in [-0.2, 0) is 9.53 Å². The van der Waals surface area contributed by atoms with Crippen molar-refractivity contribution < 1.29 is 24.5 Å². The molecule has 6 atom stereocenters. The topological polar surface area (TPSA) is 99.1 Å². The van der Waals surface area contributed by atoms with Gasteiger partial charge in [-0.2, -0.15) is 0 Å². The maximum Gasteiger partial charge on any atom is 0.411 e. The number of hydrogen-bond donors (Lipinski definition) is 3. The number of ether oxygens (including phenoxy) is 1. The highest BCUT2D eigenvalue weighted by atomic mass is 16.6. The van der Waals surface area contributed by atoms with Crippen molar-refractivity contribution in [3.8, 4) is 0 Å². The van der Waals surface area contributed by atoms with Crippen LogP contribution in [0, 0.1) is 22.7 Å². The number of aliphatic hydroxyl groups is 2. The molecule has 1 aromatic carbocycles. The van der Waals surface area contributed by atoms with Gasteiger partial charge in [-0.05, 0) is 74.3 Å². The van der Waals surface area contributed by atoms with E-state index in [1.807, 2.05) is 30.0 Å². The minimum atomic E-state index is -0.645. The lowest BCUT2D eigenvalue weighted by molar-refractivity contribution is -0.186. The van der Waals surface area contributed by atoms with E-state index in [-0.39, 0.29) is 29.8 Å². The van der Waals surface area contributed by atoms with E-state index >= 15 is 0 Å².